The molecule has 0 amide bonds. The highest BCUT2D eigenvalue weighted by Crippen LogP contribution is 2.37. The van der Waals surface area contributed by atoms with Crippen LogP contribution in [-0.4, -0.2) is 43.0 Å². The van der Waals surface area contributed by atoms with E-state index in [0.717, 1.165) is 28.0 Å². The lowest BCUT2D eigenvalue weighted by Crippen LogP contribution is -2.32. The van der Waals surface area contributed by atoms with Gasteiger partial charge in [0.2, 0.25) is 0 Å². The number of hydrogen-bond donors (Lipinski definition) is 3. The first-order chi connectivity index (χ1) is 18.3. The largest absolute Gasteiger partial charge is 0.493 e. The maximum absolute atomic E-state index is 9.14. The number of nitrogens with zero attached hydrogens (tertiary/aromatic N) is 1. The van der Waals surface area contributed by atoms with Gasteiger partial charge in [0.05, 0.1) is 19.2 Å². The number of aromatic nitrogens is 1. The fraction of sp³-hybridized carbons (Fsp3) is 0.323. The van der Waals surface area contributed by atoms with Crippen LogP contribution in [-0.2, 0) is 5.41 Å². The fourth-order valence-electron chi connectivity index (χ4n) is 3.97. The minimum atomic E-state index is 0.0169. The number of pyridine rings is 1. The molecule has 7 nitrogen and oxygen atoms in total. The number of rotatable bonds is 11. The summed E-state index contributed by atoms with van der Waals surface area (Å²) < 4.78 is 17.7. The van der Waals surface area contributed by atoms with Crippen molar-refractivity contribution in [3.63, 3.8) is 0 Å². The Hall–Kier alpha value is -3.81. The van der Waals surface area contributed by atoms with Crippen molar-refractivity contribution >= 4 is 22.3 Å². The number of aliphatic hydroxyl groups excluding tert-OH is 1. The quantitative estimate of drug-likeness (QED) is 0.199. The molecule has 4 aromatic rings. The summed E-state index contributed by atoms with van der Waals surface area (Å²) in [7, 11) is 1.61. The molecule has 3 aromatic carbocycles. The molecule has 1 unspecified atom stereocenters. The molecule has 0 saturated heterocycles. The van der Waals surface area contributed by atoms with Crippen molar-refractivity contribution in [3.8, 4) is 23.0 Å². The summed E-state index contributed by atoms with van der Waals surface area (Å²) in [6.45, 7) is 9.67. The molecule has 0 aliphatic heterocycles. The van der Waals surface area contributed by atoms with Crippen LogP contribution in [0, 0.1) is 0 Å². The van der Waals surface area contributed by atoms with E-state index in [-0.39, 0.29) is 18.1 Å². The topological polar surface area (TPSA) is 84.9 Å². The fourth-order valence-corrected chi connectivity index (χ4v) is 3.97. The Balaban J connectivity index is 1.45. The second-order valence-corrected chi connectivity index (χ2v) is 10.3. The molecular formula is C31H37N3O4. The van der Waals surface area contributed by atoms with Crippen LogP contribution in [0.15, 0.2) is 72.9 Å². The average Bonchev–Trinajstić information content (AvgIpc) is 2.91. The Morgan fingerprint density at radius 3 is 2.21 bits per heavy atom. The first kappa shape index (κ1) is 27.2. The third-order valence-electron chi connectivity index (χ3n) is 6.23. The maximum Gasteiger partial charge on any atom is 0.163 e. The van der Waals surface area contributed by atoms with Crippen molar-refractivity contribution in [2.24, 2.45) is 0 Å². The molecule has 0 fully saturated rings. The number of fused-ring (bicyclic) bond motifs is 1. The summed E-state index contributed by atoms with van der Waals surface area (Å²) in [6.07, 6.45) is 1.72. The molecular weight excluding hydrogens is 478 g/mol. The second-order valence-electron chi connectivity index (χ2n) is 10.3. The molecule has 1 heterocycles. The molecule has 4 rings (SSSR count). The van der Waals surface area contributed by atoms with Gasteiger partial charge in [0.15, 0.2) is 11.5 Å². The molecule has 1 atom stereocenters. The molecule has 38 heavy (non-hydrogen) atoms. The average molecular weight is 516 g/mol. The normalized spacial score (nSPS) is 12.3. The third kappa shape index (κ3) is 6.94. The highest BCUT2D eigenvalue weighted by atomic mass is 16.5. The van der Waals surface area contributed by atoms with Gasteiger partial charge in [0, 0.05) is 41.6 Å². The van der Waals surface area contributed by atoms with Gasteiger partial charge in [-0.1, -0.05) is 32.9 Å². The van der Waals surface area contributed by atoms with Crippen molar-refractivity contribution in [3.05, 3.63) is 78.5 Å². The van der Waals surface area contributed by atoms with Gasteiger partial charge in [0.1, 0.15) is 18.1 Å². The van der Waals surface area contributed by atoms with E-state index < -0.39 is 0 Å². The number of aliphatic hydroxyl groups is 1. The van der Waals surface area contributed by atoms with Crippen LogP contribution in [0.4, 0.5) is 11.4 Å². The number of benzene rings is 3. The molecule has 3 N–H and O–H groups in total. The van der Waals surface area contributed by atoms with Gasteiger partial charge in [-0.3, -0.25) is 4.98 Å². The third-order valence-corrected chi connectivity index (χ3v) is 6.23. The van der Waals surface area contributed by atoms with Gasteiger partial charge in [-0.15, -0.1) is 0 Å². The number of nitrogens with one attached hydrogen (secondary N) is 2. The summed E-state index contributed by atoms with van der Waals surface area (Å²) in [5, 5.41) is 16.6. The summed E-state index contributed by atoms with van der Waals surface area (Å²) in [5.41, 5.74) is 4.19. The van der Waals surface area contributed by atoms with Crippen molar-refractivity contribution in [2.45, 2.75) is 39.2 Å². The SMILES string of the molecule is COc1cc2c(Oc3ccc(Nc4ccc(C(C)(C)C)cc4)cc3)ccnc2cc1OCCNC(C)CO. The monoisotopic (exact) mass is 515 g/mol. The number of hydrogen-bond acceptors (Lipinski definition) is 7. The van der Waals surface area contributed by atoms with Gasteiger partial charge in [-0.2, -0.15) is 0 Å². The van der Waals surface area contributed by atoms with Crippen LogP contribution in [0.1, 0.15) is 33.3 Å². The molecule has 0 spiro atoms. The van der Waals surface area contributed by atoms with Crippen LogP contribution < -0.4 is 24.8 Å². The van der Waals surface area contributed by atoms with Crippen LogP contribution >= 0.6 is 0 Å². The van der Waals surface area contributed by atoms with Crippen molar-refractivity contribution in [1.82, 2.24) is 10.3 Å². The minimum absolute atomic E-state index is 0.0169. The lowest BCUT2D eigenvalue weighted by molar-refractivity contribution is 0.237. The Morgan fingerprint density at radius 1 is 0.895 bits per heavy atom. The summed E-state index contributed by atoms with van der Waals surface area (Å²) in [5.74, 6) is 2.60. The van der Waals surface area contributed by atoms with Crippen LogP contribution in [0.25, 0.3) is 10.9 Å². The van der Waals surface area contributed by atoms with Crippen LogP contribution in [0.5, 0.6) is 23.0 Å². The Morgan fingerprint density at radius 2 is 1.58 bits per heavy atom. The number of anilines is 2. The zero-order chi connectivity index (χ0) is 27.1. The Kier molecular flexibility index (Phi) is 8.71. The molecule has 0 aliphatic rings. The van der Waals surface area contributed by atoms with E-state index in [0.29, 0.717) is 30.4 Å². The molecule has 1 aromatic heterocycles. The first-order valence-electron chi connectivity index (χ1n) is 12.9. The zero-order valence-corrected chi connectivity index (χ0v) is 22.7. The lowest BCUT2D eigenvalue weighted by Gasteiger charge is -2.19. The van der Waals surface area contributed by atoms with Gasteiger partial charge >= 0.3 is 0 Å². The number of methoxy groups -OCH3 is 1. The Labute approximate surface area is 224 Å². The molecule has 200 valence electrons. The predicted molar refractivity (Wildman–Crippen MR) is 153 cm³/mol. The lowest BCUT2D eigenvalue weighted by atomic mass is 9.87. The number of ether oxygens (including phenoxy) is 3. The second kappa shape index (κ2) is 12.2. The van der Waals surface area contributed by atoms with E-state index in [4.69, 9.17) is 19.3 Å². The zero-order valence-electron chi connectivity index (χ0n) is 22.7. The standard InChI is InChI=1S/C31H37N3O4/c1-21(20-35)32-16-17-37-30-19-27-26(18-29(30)36-5)28(14-15-33-27)38-25-12-10-24(11-13-25)34-23-8-6-22(7-9-23)31(2,3)4/h6-15,18-19,21,32,34-35H,16-17,20H2,1-5H3. The Bertz CT molecular complexity index is 1330. The van der Waals surface area contributed by atoms with Crippen molar-refractivity contribution in [1.29, 1.82) is 0 Å². The van der Waals surface area contributed by atoms with E-state index in [9.17, 15) is 0 Å². The van der Waals surface area contributed by atoms with Crippen molar-refractivity contribution in [2.75, 3.05) is 32.2 Å². The molecule has 7 heteroatoms. The van der Waals surface area contributed by atoms with Crippen molar-refractivity contribution < 1.29 is 19.3 Å². The van der Waals surface area contributed by atoms with Crippen LogP contribution in [0.2, 0.25) is 0 Å². The molecule has 0 saturated carbocycles. The minimum Gasteiger partial charge on any atom is -0.493 e. The smallest absolute Gasteiger partial charge is 0.163 e. The van der Waals surface area contributed by atoms with E-state index in [1.165, 1.54) is 5.56 Å². The van der Waals surface area contributed by atoms with Crippen LogP contribution in [0.3, 0.4) is 0 Å². The van der Waals surface area contributed by atoms with E-state index >= 15 is 0 Å². The highest BCUT2D eigenvalue weighted by Gasteiger charge is 2.14. The molecule has 0 radical (unpaired) electrons. The van der Waals surface area contributed by atoms with Gasteiger partial charge < -0.3 is 30.0 Å². The molecule has 0 aliphatic carbocycles. The molecule has 0 bridgehead atoms. The van der Waals surface area contributed by atoms with E-state index in [1.54, 1.807) is 13.3 Å². The highest BCUT2D eigenvalue weighted by molar-refractivity contribution is 5.88. The maximum atomic E-state index is 9.14. The summed E-state index contributed by atoms with van der Waals surface area (Å²) in [6, 6.07) is 22.0. The van der Waals surface area contributed by atoms with E-state index in [1.807, 2.05) is 49.4 Å². The summed E-state index contributed by atoms with van der Waals surface area (Å²) >= 11 is 0. The summed E-state index contributed by atoms with van der Waals surface area (Å²) in [4.78, 5) is 4.50. The van der Waals surface area contributed by atoms with E-state index in [2.05, 4.69) is 60.7 Å². The first-order valence-corrected chi connectivity index (χ1v) is 12.9. The predicted octanol–water partition coefficient (Wildman–Crippen LogP) is 6.43. The van der Waals surface area contributed by atoms with Gasteiger partial charge in [0.25, 0.3) is 0 Å². The van der Waals surface area contributed by atoms with Gasteiger partial charge in [-0.05, 0) is 66.4 Å². The van der Waals surface area contributed by atoms with Gasteiger partial charge in [-0.25, -0.2) is 0 Å².